The molecule has 0 spiro atoms. The second-order valence-electron chi connectivity index (χ2n) is 15.6. The highest BCUT2D eigenvalue weighted by molar-refractivity contribution is 7.14. The molecular weight excluding hydrogens is 819 g/mol. The van der Waals surface area contributed by atoms with E-state index in [1.807, 2.05) is 22.5 Å². The number of aromatic carboxylic acids is 1. The van der Waals surface area contributed by atoms with Crippen LogP contribution in [0.4, 0.5) is 4.79 Å². The highest BCUT2D eigenvalue weighted by Gasteiger charge is 2.36. The average Bonchev–Trinajstić information content (AvgIpc) is 4.09. The molecule has 18 nitrogen and oxygen atoms in total. The molecule has 20 heteroatoms. The highest BCUT2D eigenvalue weighted by atomic mass is 32.1. The van der Waals surface area contributed by atoms with Crippen molar-refractivity contribution >= 4 is 40.6 Å². The molecule has 2 amide bonds. The van der Waals surface area contributed by atoms with Crippen LogP contribution in [0.25, 0.3) is 20.9 Å². The van der Waals surface area contributed by atoms with E-state index in [1.165, 1.54) is 22.7 Å². The van der Waals surface area contributed by atoms with Gasteiger partial charge in [0.2, 0.25) is 0 Å². The number of carboxylic acids is 1. The van der Waals surface area contributed by atoms with Gasteiger partial charge in [0.1, 0.15) is 17.9 Å². The van der Waals surface area contributed by atoms with E-state index in [9.17, 15) is 24.6 Å². The first-order chi connectivity index (χ1) is 28.9. The van der Waals surface area contributed by atoms with Crippen LogP contribution in [0.2, 0.25) is 0 Å². The number of carboxylic acid groups (broad SMARTS) is 1. The molecule has 4 aromatic heterocycles. The third kappa shape index (κ3) is 12.6. The molecule has 6 N–H and O–H groups in total. The van der Waals surface area contributed by atoms with Crippen LogP contribution < -0.4 is 5.32 Å². The van der Waals surface area contributed by atoms with Crippen molar-refractivity contribution in [3.63, 3.8) is 0 Å². The molecule has 0 bridgehead atoms. The lowest BCUT2D eigenvalue weighted by Gasteiger charge is -2.40. The van der Waals surface area contributed by atoms with Crippen molar-refractivity contribution in [2.24, 2.45) is 0 Å². The summed E-state index contributed by atoms with van der Waals surface area (Å²) >= 11 is 2.95. The normalized spacial score (nSPS) is 25.1. The Balaban J connectivity index is 0.000000140. The van der Waals surface area contributed by atoms with E-state index in [0.29, 0.717) is 50.8 Å². The summed E-state index contributed by atoms with van der Waals surface area (Å²) in [5, 5.41) is 47.7. The van der Waals surface area contributed by atoms with E-state index < -0.39 is 30.0 Å². The van der Waals surface area contributed by atoms with Crippen molar-refractivity contribution in [1.29, 1.82) is 0 Å². The largest absolute Gasteiger partial charge is 0.478 e. The molecule has 6 atom stereocenters. The minimum absolute atomic E-state index is 0.0124. The van der Waals surface area contributed by atoms with Crippen LogP contribution in [0.5, 0.6) is 0 Å². The van der Waals surface area contributed by atoms with Gasteiger partial charge < -0.3 is 43.9 Å². The molecule has 0 saturated carbocycles. The number of nitrogens with zero attached hydrogens (tertiary/aromatic N) is 4. The molecule has 6 unspecified atom stereocenters. The number of aromatic amines is 2. The summed E-state index contributed by atoms with van der Waals surface area (Å²) in [6, 6.07) is 3.57. The second kappa shape index (κ2) is 21.5. The van der Waals surface area contributed by atoms with Gasteiger partial charge in [0.15, 0.2) is 6.23 Å². The Labute approximate surface area is 356 Å². The van der Waals surface area contributed by atoms with E-state index in [4.69, 9.17) is 28.8 Å². The zero-order valence-electron chi connectivity index (χ0n) is 34.0. The standard InChI is InChI=1S/C15H17N3O3S.C10H19NO4.C8H6N2O2S.C7H13NO2/c19-15(10-5-14(22-9-10)11-6-16-17-7-11)18-2-1-12-13(8-18)21-4-3-20-12;1-10(2,3)15-9(14)11-6-4-5-7(12)8(11)13;11-8(12)5-1-7(13-4-5)6-2-9-10-3-6;1-2-6-7(8-3-1)10-5-4-9-6/h5-7,9,12-13H,1-4,8H2,(H,16,17);7-8,12-13H,4-6H2,1-3H3;1-4H,(H,9,10)(H,11,12);6-8H,1-5H2. The number of aromatic nitrogens is 4. The zero-order chi connectivity index (χ0) is 42.6. The van der Waals surface area contributed by atoms with Gasteiger partial charge in [0, 0.05) is 63.7 Å². The number of aliphatic hydroxyl groups excluding tert-OH is 2. The first-order valence-corrected chi connectivity index (χ1v) is 21.9. The first kappa shape index (κ1) is 45.3. The first-order valence-electron chi connectivity index (χ1n) is 20.1. The SMILES string of the molecule is C1CNC2OCCOC2C1.CC(C)(C)OC(=O)N1CCCC(O)C1O.O=C(O)c1csc(-c2cn[nH]c2)c1.O=C(c1csc(-c2cn[nH]c2)c1)N1CCC2OCCOC2C1. The molecule has 328 valence electrons. The third-order valence-electron chi connectivity index (χ3n) is 10.0. The van der Waals surface area contributed by atoms with Gasteiger partial charge in [0.25, 0.3) is 5.91 Å². The molecule has 9 heterocycles. The molecule has 0 radical (unpaired) electrons. The number of thiophene rings is 2. The number of ether oxygens (including phenoxy) is 5. The average molecular weight is 874 g/mol. The number of nitrogens with one attached hydrogen (secondary N) is 3. The molecule has 0 aromatic carbocycles. The molecule has 5 fully saturated rings. The summed E-state index contributed by atoms with van der Waals surface area (Å²) in [6.45, 7) is 10.9. The van der Waals surface area contributed by atoms with Crippen LogP contribution in [0, 0.1) is 0 Å². The number of carbonyl (C=O) groups is 3. The number of aliphatic hydroxyl groups is 2. The molecule has 5 saturated heterocycles. The molecular formula is C40H55N7O11S2. The summed E-state index contributed by atoms with van der Waals surface area (Å²) < 4.78 is 27.5. The summed E-state index contributed by atoms with van der Waals surface area (Å²) in [4.78, 5) is 39.8. The fraction of sp³-hybridized carbons (Fsp3) is 0.575. The summed E-state index contributed by atoms with van der Waals surface area (Å²) in [5.74, 6) is -0.829. The number of H-pyrrole nitrogens is 2. The summed E-state index contributed by atoms with van der Waals surface area (Å²) in [6.07, 6.45) is 9.46. The molecule has 9 rings (SSSR count). The van der Waals surface area contributed by atoms with Crippen LogP contribution in [-0.2, 0) is 23.7 Å². The smallest absolute Gasteiger partial charge is 0.412 e. The van der Waals surface area contributed by atoms with Crippen molar-refractivity contribution in [3.05, 3.63) is 58.8 Å². The molecule has 60 heavy (non-hydrogen) atoms. The van der Waals surface area contributed by atoms with Crippen LogP contribution in [-0.4, -0.2) is 159 Å². The predicted molar refractivity (Wildman–Crippen MR) is 222 cm³/mol. The summed E-state index contributed by atoms with van der Waals surface area (Å²) in [7, 11) is 0. The van der Waals surface area contributed by atoms with Gasteiger partial charge >= 0.3 is 12.1 Å². The van der Waals surface area contributed by atoms with E-state index in [-0.39, 0.29) is 24.3 Å². The van der Waals surface area contributed by atoms with Gasteiger partial charge in [-0.2, -0.15) is 10.2 Å². The maximum atomic E-state index is 12.7. The Morgan fingerprint density at radius 2 is 1.42 bits per heavy atom. The number of carbonyl (C=O) groups excluding carboxylic acids is 2. The van der Waals surface area contributed by atoms with E-state index in [0.717, 1.165) is 65.6 Å². The van der Waals surface area contributed by atoms with Crippen LogP contribution >= 0.6 is 22.7 Å². The lowest BCUT2D eigenvalue weighted by atomic mass is 10.0. The lowest BCUT2D eigenvalue weighted by molar-refractivity contribution is -0.162. The van der Waals surface area contributed by atoms with E-state index in [2.05, 4.69) is 25.7 Å². The number of likely N-dealkylation sites (tertiary alicyclic amines) is 2. The van der Waals surface area contributed by atoms with Crippen molar-refractivity contribution in [3.8, 4) is 20.9 Å². The van der Waals surface area contributed by atoms with Crippen LogP contribution in [0.15, 0.2) is 47.7 Å². The highest BCUT2D eigenvalue weighted by Crippen LogP contribution is 2.29. The second-order valence-corrected chi connectivity index (χ2v) is 17.5. The van der Waals surface area contributed by atoms with Crippen LogP contribution in [0.3, 0.4) is 0 Å². The maximum absolute atomic E-state index is 12.7. The Hall–Kier alpha value is -4.25. The number of hydrogen-bond acceptors (Lipinski definition) is 15. The number of amides is 2. The van der Waals surface area contributed by atoms with Crippen molar-refractivity contribution in [2.75, 3.05) is 52.6 Å². The van der Waals surface area contributed by atoms with E-state index >= 15 is 0 Å². The van der Waals surface area contributed by atoms with E-state index in [1.54, 1.807) is 62.1 Å². The van der Waals surface area contributed by atoms with Gasteiger partial charge in [-0.3, -0.25) is 25.2 Å². The predicted octanol–water partition coefficient (Wildman–Crippen LogP) is 4.41. The fourth-order valence-corrected chi connectivity index (χ4v) is 8.74. The monoisotopic (exact) mass is 873 g/mol. The number of rotatable bonds is 4. The van der Waals surface area contributed by atoms with Crippen LogP contribution in [0.1, 0.15) is 73.6 Å². The number of fused-ring (bicyclic) bond motifs is 2. The summed E-state index contributed by atoms with van der Waals surface area (Å²) in [5.41, 5.74) is 2.39. The molecule has 5 aliphatic heterocycles. The Morgan fingerprint density at radius 1 is 0.800 bits per heavy atom. The van der Waals surface area contributed by atoms with Gasteiger partial charge in [-0.15, -0.1) is 22.7 Å². The number of hydrogen-bond donors (Lipinski definition) is 6. The topological polar surface area (TPSA) is 234 Å². The third-order valence-corrected chi connectivity index (χ3v) is 12.0. The van der Waals surface area contributed by atoms with Gasteiger partial charge in [-0.05, 0) is 71.6 Å². The van der Waals surface area contributed by atoms with Crippen molar-refractivity contribution in [2.45, 2.75) is 95.3 Å². The minimum atomic E-state index is -1.14. The van der Waals surface area contributed by atoms with Gasteiger partial charge in [-0.25, -0.2) is 9.59 Å². The Kier molecular flexibility index (Phi) is 16.2. The molecule has 5 aliphatic rings. The maximum Gasteiger partial charge on any atom is 0.412 e. The van der Waals surface area contributed by atoms with Crippen molar-refractivity contribution < 1.29 is 53.4 Å². The molecule has 4 aromatic rings. The van der Waals surface area contributed by atoms with Crippen molar-refractivity contribution in [1.82, 2.24) is 35.5 Å². The fourth-order valence-electron chi connectivity index (χ4n) is 7.00. The Morgan fingerprint density at radius 3 is 2.02 bits per heavy atom. The van der Waals surface area contributed by atoms with Gasteiger partial charge in [0.05, 0.1) is 68.3 Å². The Bertz CT molecular complexity index is 1910. The van der Waals surface area contributed by atoms with Gasteiger partial charge in [-0.1, -0.05) is 0 Å². The minimum Gasteiger partial charge on any atom is -0.478 e. The zero-order valence-corrected chi connectivity index (χ0v) is 35.6. The quantitative estimate of drug-likeness (QED) is 0.167. The number of piperidine rings is 3. The molecule has 0 aliphatic carbocycles. The lowest BCUT2D eigenvalue weighted by Crippen LogP contribution is -2.53.